The summed E-state index contributed by atoms with van der Waals surface area (Å²) in [5.41, 5.74) is 7.88. The number of aromatic nitrogens is 2. The second-order valence-electron chi connectivity index (χ2n) is 3.99. The molecule has 3 aromatic rings. The van der Waals surface area contributed by atoms with Crippen LogP contribution in [-0.4, -0.2) is 9.97 Å². The molecule has 90 valence electrons. The van der Waals surface area contributed by atoms with Gasteiger partial charge in [0.05, 0.1) is 11.0 Å². The molecule has 18 heavy (non-hydrogen) atoms. The highest BCUT2D eigenvalue weighted by molar-refractivity contribution is 5.80. The summed E-state index contributed by atoms with van der Waals surface area (Å²) in [5, 5.41) is 0. The van der Waals surface area contributed by atoms with Gasteiger partial charge in [0.15, 0.2) is 11.6 Å². The molecule has 0 bridgehead atoms. The molecule has 0 saturated heterocycles. The van der Waals surface area contributed by atoms with Crippen molar-refractivity contribution in [1.29, 1.82) is 0 Å². The Morgan fingerprint density at radius 2 is 1.83 bits per heavy atom. The van der Waals surface area contributed by atoms with Gasteiger partial charge in [-0.05, 0) is 12.1 Å². The van der Waals surface area contributed by atoms with Crippen LogP contribution in [0.3, 0.4) is 0 Å². The number of aromatic amines is 1. The summed E-state index contributed by atoms with van der Waals surface area (Å²) in [5.74, 6) is -1.28. The number of nitrogens with zero attached hydrogens (tertiary/aromatic N) is 1. The fourth-order valence-electron chi connectivity index (χ4n) is 1.83. The van der Waals surface area contributed by atoms with Crippen molar-refractivity contribution in [3.63, 3.8) is 0 Å². The minimum atomic E-state index is -0.909. The number of anilines is 1. The molecule has 1 aromatic heterocycles. The van der Waals surface area contributed by atoms with Crippen LogP contribution in [0.2, 0.25) is 0 Å². The van der Waals surface area contributed by atoms with Crippen LogP contribution in [0.25, 0.3) is 22.4 Å². The van der Waals surface area contributed by atoms with E-state index in [1.165, 1.54) is 0 Å². The average Bonchev–Trinajstić information content (AvgIpc) is 2.73. The minimum Gasteiger partial charge on any atom is -0.399 e. The fourth-order valence-corrected chi connectivity index (χ4v) is 1.83. The lowest BCUT2D eigenvalue weighted by molar-refractivity contribution is 0.510. The third-order valence-corrected chi connectivity index (χ3v) is 2.68. The van der Waals surface area contributed by atoms with Crippen molar-refractivity contribution in [2.24, 2.45) is 0 Å². The van der Waals surface area contributed by atoms with Crippen LogP contribution in [0.5, 0.6) is 0 Å². The zero-order valence-electron chi connectivity index (χ0n) is 9.24. The molecule has 3 nitrogen and oxygen atoms in total. The first kappa shape index (κ1) is 10.7. The Morgan fingerprint density at radius 1 is 1.06 bits per heavy atom. The highest BCUT2D eigenvalue weighted by Gasteiger charge is 2.09. The van der Waals surface area contributed by atoms with Crippen LogP contribution in [0.15, 0.2) is 36.4 Å². The minimum absolute atomic E-state index is 0.381. The van der Waals surface area contributed by atoms with E-state index in [0.29, 0.717) is 22.5 Å². The number of fused-ring (bicyclic) bond motifs is 1. The molecule has 0 aliphatic carbocycles. The number of hydrogen-bond donors (Lipinski definition) is 2. The number of nitrogen functional groups attached to an aromatic ring is 1. The molecule has 1 heterocycles. The van der Waals surface area contributed by atoms with E-state index in [1.54, 1.807) is 18.2 Å². The average molecular weight is 245 g/mol. The molecule has 2 aromatic carbocycles. The van der Waals surface area contributed by atoms with Crippen LogP contribution in [-0.2, 0) is 0 Å². The van der Waals surface area contributed by atoms with Gasteiger partial charge in [-0.2, -0.15) is 0 Å². The van der Waals surface area contributed by atoms with E-state index in [9.17, 15) is 8.78 Å². The number of nitrogens with two attached hydrogens (primary N) is 1. The number of hydrogen-bond acceptors (Lipinski definition) is 2. The largest absolute Gasteiger partial charge is 0.399 e. The highest BCUT2D eigenvalue weighted by Crippen LogP contribution is 2.23. The van der Waals surface area contributed by atoms with E-state index >= 15 is 0 Å². The summed E-state index contributed by atoms with van der Waals surface area (Å²) in [6.07, 6.45) is 0. The van der Waals surface area contributed by atoms with Gasteiger partial charge in [0.2, 0.25) is 0 Å². The van der Waals surface area contributed by atoms with Crippen molar-refractivity contribution >= 4 is 16.7 Å². The van der Waals surface area contributed by atoms with Crippen LogP contribution >= 0.6 is 0 Å². The third-order valence-electron chi connectivity index (χ3n) is 2.68. The molecule has 0 atom stereocenters. The first-order valence-electron chi connectivity index (χ1n) is 5.34. The third kappa shape index (κ3) is 1.69. The van der Waals surface area contributed by atoms with Crippen molar-refractivity contribution in [1.82, 2.24) is 9.97 Å². The van der Waals surface area contributed by atoms with Gasteiger partial charge in [0, 0.05) is 23.4 Å². The van der Waals surface area contributed by atoms with E-state index in [1.807, 2.05) is 6.07 Å². The Labute approximate surface area is 101 Å². The number of nitrogens with one attached hydrogen (secondary N) is 1. The van der Waals surface area contributed by atoms with Gasteiger partial charge in [-0.3, -0.25) is 0 Å². The Morgan fingerprint density at radius 3 is 2.61 bits per heavy atom. The van der Waals surface area contributed by atoms with E-state index in [2.05, 4.69) is 9.97 Å². The van der Waals surface area contributed by atoms with E-state index in [-0.39, 0.29) is 0 Å². The SMILES string of the molecule is Nc1cccc(-c2nc3cc(F)c(F)cc3[nH]2)c1. The normalized spacial score (nSPS) is 11.0. The van der Waals surface area contributed by atoms with Crippen molar-refractivity contribution in [2.75, 3.05) is 5.73 Å². The van der Waals surface area contributed by atoms with Gasteiger partial charge < -0.3 is 10.7 Å². The zero-order chi connectivity index (χ0) is 12.7. The lowest BCUT2D eigenvalue weighted by atomic mass is 10.2. The van der Waals surface area contributed by atoms with E-state index in [4.69, 9.17) is 5.73 Å². The topological polar surface area (TPSA) is 54.7 Å². The van der Waals surface area contributed by atoms with E-state index < -0.39 is 11.6 Å². The smallest absolute Gasteiger partial charge is 0.161 e. The molecule has 3 N–H and O–H groups in total. The van der Waals surface area contributed by atoms with Crippen molar-refractivity contribution in [3.05, 3.63) is 48.0 Å². The Bertz CT molecular complexity index is 695. The fraction of sp³-hybridized carbons (Fsp3) is 0. The second-order valence-corrected chi connectivity index (χ2v) is 3.99. The number of H-pyrrole nitrogens is 1. The van der Waals surface area contributed by atoms with Crippen LogP contribution in [0.1, 0.15) is 0 Å². The van der Waals surface area contributed by atoms with Gasteiger partial charge in [-0.1, -0.05) is 12.1 Å². The zero-order valence-corrected chi connectivity index (χ0v) is 9.24. The molecular weight excluding hydrogens is 236 g/mol. The molecule has 0 saturated carbocycles. The van der Waals surface area contributed by atoms with Crippen LogP contribution in [0.4, 0.5) is 14.5 Å². The maximum atomic E-state index is 13.1. The maximum Gasteiger partial charge on any atom is 0.161 e. The summed E-state index contributed by atoms with van der Waals surface area (Å²) in [6, 6.07) is 9.26. The van der Waals surface area contributed by atoms with E-state index in [0.717, 1.165) is 17.7 Å². The molecule has 5 heteroatoms. The number of rotatable bonds is 1. The molecule has 0 aliphatic rings. The standard InChI is InChI=1S/C13H9F2N3/c14-9-5-11-12(6-10(9)15)18-13(17-11)7-2-1-3-8(16)4-7/h1-6H,16H2,(H,17,18). The molecule has 0 radical (unpaired) electrons. The second kappa shape index (κ2) is 3.80. The molecular formula is C13H9F2N3. The summed E-state index contributed by atoms with van der Waals surface area (Å²) in [6.45, 7) is 0. The maximum absolute atomic E-state index is 13.1. The number of benzene rings is 2. The van der Waals surface area contributed by atoms with Gasteiger partial charge in [-0.25, -0.2) is 13.8 Å². The Kier molecular flexibility index (Phi) is 2.26. The van der Waals surface area contributed by atoms with Gasteiger partial charge in [-0.15, -0.1) is 0 Å². The predicted octanol–water partition coefficient (Wildman–Crippen LogP) is 3.09. The lowest BCUT2D eigenvalue weighted by Gasteiger charge is -1.97. The lowest BCUT2D eigenvalue weighted by Crippen LogP contribution is -1.86. The van der Waals surface area contributed by atoms with Crippen LogP contribution in [0, 0.1) is 11.6 Å². The molecule has 0 fully saturated rings. The van der Waals surface area contributed by atoms with Crippen molar-refractivity contribution in [3.8, 4) is 11.4 Å². The van der Waals surface area contributed by atoms with Gasteiger partial charge in [0.25, 0.3) is 0 Å². The van der Waals surface area contributed by atoms with Crippen LogP contribution < -0.4 is 5.73 Å². The molecule has 0 spiro atoms. The molecule has 0 unspecified atom stereocenters. The van der Waals surface area contributed by atoms with Gasteiger partial charge in [0.1, 0.15) is 5.82 Å². The summed E-state index contributed by atoms with van der Waals surface area (Å²) >= 11 is 0. The van der Waals surface area contributed by atoms with Gasteiger partial charge >= 0.3 is 0 Å². The molecule has 0 amide bonds. The molecule has 3 rings (SSSR count). The Balaban J connectivity index is 2.19. The Hall–Kier alpha value is -2.43. The summed E-state index contributed by atoms with van der Waals surface area (Å²) < 4.78 is 26.2. The van der Waals surface area contributed by atoms with Crippen molar-refractivity contribution in [2.45, 2.75) is 0 Å². The van der Waals surface area contributed by atoms with Crippen molar-refractivity contribution < 1.29 is 8.78 Å². The highest BCUT2D eigenvalue weighted by atomic mass is 19.2. The first-order chi connectivity index (χ1) is 8.63. The monoisotopic (exact) mass is 245 g/mol. The summed E-state index contributed by atoms with van der Waals surface area (Å²) in [7, 11) is 0. The number of imidazole rings is 1. The first-order valence-corrected chi connectivity index (χ1v) is 5.34. The predicted molar refractivity (Wildman–Crippen MR) is 65.9 cm³/mol. The molecule has 0 aliphatic heterocycles. The quantitative estimate of drug-likeness (QED) is 0.647. The number of halogens is 2. The summed E-state index contributed by atoms with van der Waals surface area (Å²) in [4.78, 5) is 7.14.